The number of aromatic carboxylic acids is 1. The fourth-order valence-electron chi connectivity index (χ4n) is 1.04. The molecule has 0 aliphatic carbocycles. The van der Waals surface area contributed by atoms with E-state index in [1.165, 1.54) is 24.3 Å². The number of rotatable bonds is 5. The molecule has 0 saturated heterocycles. The van der Waals surface area contributed by atoms with E-state index in [2.05, 4.69) is 11.2 Å². The van der Waals surface area contributed by atoms with Gasteiger partial charge in [-0.25, -0.2) is 4.79 Å². The molecule has 1 aromatic carbocycles. The topological polar surface area (TPSA) is 75.6 Å². The number of carbonyl (C=O) groups excluding carboxylic acids is 1. The molecule has 1 rings (SSSR count). The Bertz CT molecular complexity index is 445. The van der Waals surface area contributed by atoms with Crippen LogP contribution in [0, 0.1) is 12.3 Å². The molecule has 2 N–H and O–H groups in total. The summed E-state index contributed by atoms with van der Waals surface area (Å²) in [5.41, 5.74) is 0.161. The quantitative estimate of drug-likeness (QED) is 0.727. The predicted molar refractivity (Wildman–Crippen MR) is 60.7 cm³/mol. The highest BCUT2D eigenvalue weighted by Crippen LogP contribution is 2.11. The van der Waals surface area contributed by atoms with Gasteiger partial charge in [0.2, 0.25) is 0 Å². The molecule has 0 heterocycles. The second-order valence-electron chi connectivity index (χ2n) is 3.10. The van der Waals surface area contributed by atoms with Crippen LogP contribution < -0.4 is 10.1 Å². The lowest BCUT2D eigenvalue weighted by Crippen LogP contribution is -2.29. The molecule has 88 valence electrons. The van der Waals surface area contributed by atoms with Crippen molar-refractivity contribution >= 4 is 11.9 Å². The van der Waals surface area contributed by atoms with Gasteiger partial charge in [0, 0.05) is 0 Å². The van der Waals surface area contributed by atoms with Gasteiger partial charge in [-0.05, 0) is 24.3 Å². The van der Waals surface area contributed by atoms with Gasteiger partial charge >= 0.3 is 5.97 Å². The van der Waals surface area contributed by atoms with E-state index in [1.807, 2.05) is 0 Å². The number of nitrogens with one attached hydrogen (secondary N) is 1. The van der Waals surface area contributed by atoms with E-state index < -0.39 is 5.97 Å². The van der Waals surface area contributed by atoms with Crippen molar-refractivity contribution in [1.82, 2.24) is 5.32 Å². The average molecular weight is 233 g/mol. The number of terminal acetylenes is 1. The van der Waals surface area contributed by atoms with Crippen molar-refractivity contribution in [2.75, 3.05) is 13.2 Å². The molecule has 0 atom stereocenters. The van der Waals surface area contributed by atoms with Gasteiger partial charge in [-0.3, -0.25) is 4.79 Å². The molecule has 0 aliphatic heterocycles. The number of hydrogen-bond donors (Lipinski definition) is 2. The molecule has 5 nitrogen and oxygen atoms in total. The Balaban J connectivity index is 2.45. The van der Waals surface area contributed by atoms with E-state index in [1.54, 1.807) is 0 Å². The van der Waals surface area contributed by atoms with Crippen LogP contribution in [0.1, 0.15) is 10.4 Å². The van der Waals surface area contributed by atoms with Gasteiger partial charge in [0.15, 0.2) is 6.61 Å². The number of carboxylic acids is 1. The van der Waals surface area contributed by atoms with E-state index >= 15 is 0 Å². The minimum atomic E-state index is -1.01. The van der Waals surface area contributed by atoms with Crippen molar-refractivity contribution in [3.05, 3.63) is 29.8 Å². The molecule has 17 heavy (non-hydrogen) atoms. The average Bonchev–Trinajstić information content (AvgIpc) is 2.34. The number of carbonyl (C=O) groups is 2. The number of hydrogen-bond acceptors (Lipinski definition) is 3. The first-order valence-electron chi connectivity index (χ1n) is 4.80. The molecule has 0 aromatic heterocycles. The fourth-order valence-corrected chi connectivity index (χ4v) is 1.04. The van der Waals surface area contributed by atoms with Crippen LogP contribution in [0.2, 0.25) is 0 Å². The lowest BCUT2D eigenvalue weighted by Gasteiger charge is -2.05. The fraction of sp³-hybridized carbons (Fsp3) is 0.167. The number of amides is 1. The summed E-state index contributed by atoms with van der Waals surface area (Å²) >= 11 is 0. The van der Waals surface area contributed by atoms with Crippen LogP contribution in [-0.4, -0.2) is 30.1 Å². The van der Waals surface area contributed by atoms with E-state index in [9.17, 15) is 9.59 Å². The zero-order valence-corrected chi connectivity index (χ0v) is 8.97. The van der Waals surface area contributed by atoms with Crippen molar-refractivity contribution in [3.8, 4) is 18.1 Å². The first-order chi connectivity index (χ1) is 8.13. The predicted octanol–water partition coefficient (Wildman–Crippen LogP) is 0.513. The summed E-state index contributed by atoms with van der Waals surface area (Å²) in [6.45, 7) is -0.00571. The molecule has 0 unspecified atom stereocenters. The number of benzene rings is 1. The standard InChI is InChI=1S/C12H11NO4/c1-2-7-13-11(14)8-17-10-5-3-9(4-6-10)12(15)16/h1,3-6H,7-8H2,(H,13,14)(H,15,16). The number of carboxylic acid groups (broad SMARTS) is 1. The van der Waals surface area contributed by atoms with Crippen molar-refractivity contribution in [1.29, 1.82) is 0 Å². The first kappa shape index (κ1) is 12.6. The maximum absolute atomic E-state index is 11.1. The van der Waals surface area contributed by atoms with Gasteiger partial charge < -0.3 is 15.2 Å². The smallest absolute Gasteiger partial charge is 0.335 e. The Hall–Kier alpha value is -2.48. The molecule has 0 spiro atoms. The van der Waals surface area contributed by atoms with Crippen molar-refractivity contribution in [2.24, 2.45) is 0 Å². The van der Waals surface area contributed by atoms with Crippen LogP contribution >= 0.6 is 0 Å². The molecule has 1 amide bonds. The van der Waals surface area contributed by atoms with E-state index in [-0.39, 0.29) is 24.6 Å². The lowest BCUT2D eigenvalue weighted by molar-refractivity contribution is -0.122. The summed E-state index contributed by atoms with van der Waals surface area (Å²) in [5, 5.41) is 11.1. The Morgan fingerprint density at radius 1 is 1.35 bits per heavy atom. The van der Waals surface area contributed by atoms with Crippen molar-refractivity contribution < 1.29 is 19.4 Å². The van der Waals surface area contributed by atoms with Crippen LogP contribution in [0.5, 0.6) is 5.75 Å². The molecule has 1 aromatic rings. The summed E-state index contributed by atoms with van der Waals surface area (Å²) < 4.78 is 5.13. The SMILES string of the molecule is C#CCNC(=O)COc1ccc(C(=O)O)cc1. The van der Waals surface area contributed by atoms with Gasteiger partial charge in [-0.15, -0.1) is 6.42 Å². The molecular weight excluding hydrogens is 222 g/mol. The second-order valence-corrected chi connectivity index (χ2v) is 3.10. The van der Waals surface area contributed by atoms with Gasteiger partial charge in [0.05, 0.1) is 12.1 Å². The summed E-state index contributed by atoms with van der Waals surface area (Å²) in [7, 11) is 0. The highest BCUT2D eigenvalue weighted by molar-refractivity contribution is 5.87. The second kappa shape index (κ2) is 6.18. The minimum Gasteiger partial charge on any atom is -0.484 e. The summed E-state index contributed by atoms with van der Waals surface area (Å²) in [6, 6.07) is 5.77. The third-order valence-corrected chi connectivity index (χ3v) is 1.86. The van der Waals surface area contributed by atoms with Crippen molar-refractivity contribution in [3.63, 3.8) is 0 Å². The Kier molecular flexibility index (Phi) is 4.58. The van der Waals surface area contributed by atoms with Gasteiger partial charge in [-0.2, -0.15) is 0 Å². The van der Waals surface area contributed by atoms with Gasteiger partial charge in [0.1, 0.15) is 5.75 Å². The zero-order valence-electron chi connectivity index (χ0n) is 8.97. The molecule has 0 radical (unpaired) electrons. The van der Waals surface area contributed by atoms with Crippen LogP contribution in [0.3, 0.4) is 0 Å². The van der Waals surface area contributed by atoms with E-state index in [4.69, 9.17) is 16.3 Å². The molecular formula is C12H11NO4. The first-order valence-corrected chi connectivity index (χ1v) is 4.80. The van der Waals surface area contributed by atoms with Gasteiger partial charge in [0.25, 0.3) is 5.91 Å². The third-order valence-electron chi connectivity index (χ3n) is 1.86. The lowest BCUT2D eigenvalue weighted by atomic mass is 10.2. The normalized spacial score (nSPS) is 9.12. The Morgan fingerprint density at radius 3 is 2.53 bits per heavy atom. The zero-order chi connectivity index (χ0) is 12.7. The largest absolute Gasteiger partial charge is 0.484 e. The summed E-state index contributed by atoms with van der Waals surface area (Å²) in [6.07, 6.45) is 4.97. The van der Waals surface area contributed by atoms with Crippen LogP contribution in [-0.2, 0) is 4.79 Å². The minimum absolute atomic E-state index is 0.153. The third kappa shape index (κ3) is 4.26. The van der Waals surface area contributed by atoms with Gasteiger partial charge in [-0.1, -0.05) is 5.92 Å². The van der Waals surface area contributed by atoms with Crippen LogP contribution in [0.4, 0.5) is 0 Å². The molecule has 5 heteroatoms. The highest BCUT2D eigenvalue weighted by Gasteiger charge is 2.04. The molecule has 0 saturated carbocycles. The molecule has 0 fully saturated rings. The Morgan fingerprint density at radius 2 is 2.00 bits per heavy atom. The molecule has 0 aliphatic rings. The summed E-state index contributed by atoms with van der Waals surface area (Å²) in [4.78, 5) is 21.7. The van der Waals surface area contributed by atoms with Crippen molar-refractivity contribution in [2.45, 2.75) is 0 Å². The number of ether oxygens (including phenoxy) is 1. The van der Waals surface area contributed by atoms with E-state index in [0.717, 1.165) is 0 Å². The highest BCUT2D eigenvalue weighted by atomic mass is 16.5. The van der Waals surface area contributed by atoms with Crippen LogP contribution in [0.25, 0.3) is 0 Å². The Labute approximate surface area is 98.4 Å². The maximum Gasteiger partial charge on any atom is 0.335 e. The van der Waals surface area contributed by atoms with Crippen LogP contribution in [0.15, 0.2) is 24.3 Å². The summed E-state index contributed by atoms with van der Waals surface area (Å²) in [5.74, 6) is 1.35. The maximum atomic E-state index is 11.1. The monoisotopic (exact) mass is 233 g/mol. The molecule has 0 bridgehead atoms. The van der Waals surface area contributed by atoms with E-state index in [0.29, 0.717) is 5.75 Å².